The van der Waals surface area contributed by atoms with Crippen molar-refractivity contribution < 1.29 is 37.7 Å². The molecule has 1 saturated carbocycles. The van der Waals surface area contributed by atoms with Gasteiger partial charge in [-0.2, -0.15) is 0 Å². The molecule has 1 amide bonds. The summed E-state index contributed by atoms with van der Waals surface area (Å²) >= 11 is 0. The highest BCUT2D eigenvalue weighted by molar-refractivity contribution is 5.95. The second-order valence-electron chi connectivity index (χ2n) is 10.3. The van der Waals surface area contributed by atoms with Crippen LogP contribution in [0.2, 0.25) is 0 Å². The summed E-state index contributed by atoms with van der Waals surface area (Å²) in [5.41, 5.74) is 1.60. The molecule has 4 unspecified atom stereocenters. The second kappa shape index (κ2) is 10.5. The van der Waals surface area contributed by atoms with Gasteiger partial charge in [0.25, 0.3) is 6.43 Å². The van der Waals surface area contributed by atoms with E-state index in [-0.39, 0.29) is 29.9 Å². The molecule has 11 heteroatoms. The average Bonchev–Trinajstić information content (AvgIpc) is 3.31. The highest BCUT2D eigenvalue weighted by atomic mass is 19.3. The number of aromatic nitrogens is 2. The second-order valence-corrected chi connectivity index (χ2v) is 10.3. The number of carboxylic acid groups (broad SMARTS) is 1. The van der Waals surface area contributed by atoms with Crippen LogP contribution in [-0.4, -0.2) is 45.0 Å². The van der Waals surface area contributed by atoms with Crippen molar-refractivity contribution in [3.05, 3.63) is 58.7 Å². The standard InChI is InChI=1S/C28H30F3N3O5/c1-14-6-8-19-21(33(14)28(38)39-2)10-11-22-23(19)32-26(34(22)17-5-3-4-15(12-17)27(36)37)24(35)20-13-16(29)7-9-18(20)25(30)31/h7,9-11,13-15,17,24-25,35H,3-6,8,12H2,1-2H3,(H,36,37). The third-order valence-corrected chi connectivity index (χ3v) is 8.04. The summed E-state index contributed by atoms with van der Waals surface area (Å²) in [5.74, 6) is -2.27. The number of aliphatic hydroxyl groups is 1. The van der Waals surface area contributed by atoms with E-state index in [1.807, 2.05) is 6.92 Å². The van der Waals surface area contributed by atoms with Gasteiger partial charge in [0.15, 0.2) is 0 Å². The average molecular weight is 546 g/mol. The van der Waals surface area contributed by atoms with Gasteiger partial charge >= 0.3 is 12.1 Å². The summed E-state index contributed by atoms with van der Waals surface area (Å²) in [6, 6.07) is 5.74. The lowest BCUT2D eigenvalue weighted by atomic mass is 9.85. The van der Waals surface area contributed by atoms with Crippen LogP contribution in [0.25, 0.3) is 11.0 Å². The molecule has 208 valence electrons. The third kappa shape index (κ3) is 4.73. The summed E-state index contributed by atoms with van der Waals surface area (Å²) in [4.78, 5) is 30.7. The van der Waals surface area contributed by atoms with Crippen LogP contribution < -0.4 is 4.90 Å². The zero-order chi connectivity index (χ0) is 28.0. The maximum absolute atomic E-state index is 14.2. The van der Waals surface area contributed by atoms with Crippen molar-refractivity contribution in [1.29, 1.82) is 0 Å². The number of aryl methyl sites for hydroxylation is 1. The zero-order valence-corrected chi connectivity index (χ0v) is 21.6. The van der Waals surface area contributed by atoms with E-state index in [0.29, 0.717) is 48.8 Å². The van der Waals surface area contributed by atoms with Crippen LogP contribution in [0.5, 0.6) is 0 Å². The first-order chi connectivity index (χ1) is 18.6. The summed E-state index contributed by atoms with van der Waals surface area (Å²) in [6.45, 7) is 1.90. The minimum Gasteiger partial charge on any atom is -0.481 e. The number of halogens is 3. The van der Waals surface area contributed by atoms with Crippen LogP contribution in [0, 0.1) is 11.7 Å². The first kappa shape index (κ1) is 27.0. The number of methoxy groups -OCH3 is 1. The lowest BCUT2D eigenvalue weighted by Gasteiger charge is -2.34. The summed E-state index contributed by atoms with van der Waals surface area (Å²) in [5, 5.41) is 21.2. The summed E-state index contributed by atoms with van der Waals surface area (Å²) < 4.78 is 48.7. The smallest absolute Gasteiger partial charge is 0.414 e. The maximum atomic E-state index is 14.2. The number of carboxylic acids is 1. The number of anilines is 1. The largest absolute Gasteiger partial charge is 0.481 e. The Morgan fingerprint density at radius 3 is 2.59 bits per heavy atom. The van der Waals surface area contributed by atoms with Gasteiger partial charge in [0.05, 0.1) is 29.7 Å². The Morgan fingerprint density at radius 2 is 1.90 bits per heavy atom. The van der Waals surface area contributed by atoms with E-state index >= 15 is 0 Å². The molecule has 2 heterocycles. The van der Waals surface area contributed by atoms with E-state index in [2.05, 4.69) is 0 Å². The van der Waals surface area contributed by atoms with Crippen molar-refractivity contribution in [3.63, 3.8) is 0 Å². The Labute approximate surface area is 223 Å². The van der Waals surface area contributed by atoms with E-state index in [1.165, 1.54) is 12.0 Å². The van der Waals surface area contributed by atoms with Crippen LogP contribution in [0.1, 0.15) is 80.1 Å². The monoisotopic (exact) mass is 545 g/mol. The van der Waals surface area contributed by atoms with Gasteiger partial charge in [0, 0.05) is 23.2 Å². The molecule has 2 N–H and O–H groups in total. The van der Waals surface area contributed by atoms with Crippen LogP contribution in [0.15, 0.2) is 30.3 Å². The Kier molecular flexibility index (Phi) is 7.28. The number of carbonyl (C=O) groups excluding carboxylic acids is 1. The van der Waals surface area contributed by atoms with Gasteiger partial charge in [-0.1, -0.05) is 12.5 Å². The number of benzene rings is 2. The Bertz CT molecular complexity index is 1430. The van der Waals surface area contributed by atoms with E-state index in [1.54, 1.807) is 16.7 Å². The number of aliphatic carboxylic acids is 1. The van der Waals surface area contributed by atoms with Gasteiger partial charge in [-0.3, -0.25) is 9.69 Å². The molecule has 0 bridgehead atoms. The van der Waals surface area contributed by atoms with Crippen molar-refractivity contribution in [2.45, 2.75) is 70.1 Å². The van der Waals surface area contributed by atoms with Gasteiger partial charge < -0.3 is 19.5 Å². The predicted octanol–water partition coefficient (Wildman–Crippen LogP) is 5.92. The van der Waals surface area contributed by atoms with Crippen molar-refractivity contribution in [3.8, 4) is 0 Å². The Hall–Kier alpha value is -3.60. The van der Waals surface area contributed by atoms with Gasteiger partial charge in [0.1, 0.15) is 17.7 Å². The molecular formula is C28H30F3N3O5. The topological polar surface area (TPSA) is 105 Å². The molecule has 0 spiro atoms. The molecule has 1 aliphatic carbocycles. The van der Waals surface area contributed by atoms with Crippen LogP contribution >= 0.6 is 0 Å². The molecule has 39 heavy (non-hydrogen) atoms. The van der Waals surface area contributed by atoms with Crippen LogP contribution in [0.4, 0.5) is 23.7 Å². The first-order valence-corrected chi connectivity index (χ1v) is 13.0. The predicted molar refractivity (Wildman–Crippen MR) is 136 cm³/mol. The van der Waals surface area contributed by atoms with Crippen molar-refractivity contribution in [1.82, 2.24) is 9.55 Å². The molecule has 2 aliphatic rings. The van der Waals surface area contributed by atoms with E-state index < -0.39 is 41.9 Å². The fraction of sp³-hybridized carbons (Fsp3) is 0.464. The van der Waals surface area contributed by atoms with E-state index in [9.17, 15) is 33.0 Å². The molecule has 0 radical (unpaired) electrons. The molecular weight excluding hydrogens is 515 g/mol. The lowest BCUT2D eigenvalue weighted by Crippen LogP contribution is -2.42. The summed E-state index contributed by atoms with van der Waals surface area (Å²) in [7, 11) is 1.30. The van der Waals surface area contributed by atoms with Gasteiger partial charge in [-0.05, 0) is 68.9 Å². The van der Waals surface area contributed by atoms with Gasteiger partial charge in [-0.25, -0.2) is 22.9 Å². The minimum absolute atomic E-state index is 0.0326. The molecule has 0 saturated heterocycles. The molecule has 3 aromatic rings. The molecule has 5 rings (SSSR count). The van der Waals surface area contributed by atoms with Crippen molar-refractivity contribution >= 4 is 28.8 Å². The number of ether oxygens (including phenoxy) is 1. The molecule has 2 aromatic carbocycles. The fourth-order valence-electron chi connectivity index (χ4n) is 6.11. The van der Waals surface area contributed by atoms with Crippen molar-refractivity contribution in [2.75, 3.05) is 12.0 Å². The number of carbonyl (C=O) groups is 2. The number of fused-ring (bicyclic) bond motifs is 3. The number of alkyl halides is 2. The number of imidazole rings is 1. The molecule has 1 aliphatic heterocycles. The molecule has 1 aromatic heterocycles. The van der Waals surface area contributed by atoms with E-state index in [0.717, 1.165) is 23.8 Å². The molecule has 1 fully saturated rings. The molecule has 8 nitrogen and oxygen atoms in total. The van der Waals surface area contributed by atoms with Crippen molar-refractivity contribution in [2.24, 2.45) is 5.92 Å². The number of hydrogen-bond acceptors (Lipinski definition) is 5. The minimum atomic E-state index is -2.96. The highest BCUT2D eigenvalue weighted by Gasteiger charge is 2.36. The van der Waals surface area contributed by atoms with E-state index in [4.69, 9.17) is 9.72 Å². The lowest BCUT2D eigenvalue weighted by molar-refractivity contribution is -0.143. The fourth-order valence-corrected chi connectivity index (χ4v) is 6.11. The van der Waals surface area contributed by atoms with Gasteiger partial charge in [-0.15, -0.1) is 0 Å². The number of amides is 1. The first-order valence-electron chi connectivity index (χ1n) is 13.0. The number of rotatable bonds is 5. The highest BCUT2D eigenvalue weighted by Crippen LogP contribution is 2.43. The molecule has 4 atom stereocenters. The number of hydrogen-bond donors (Lipinski definition) is 2. The SMILES string of the molecule is COC(=O)N1c2ccc3c(nc(C(O)c4cc(F)ccc4C(F)F)n3C3CCCC(C(=O)O)C3)c2CCC1C. The Balaban J connectivity index is 1.73. The zero-order valence-electron chi connectivity index (χ0n) is 21.6. The number of nitrogens with zero attached hydrogens (tertiary/aromatic N) is 3. The van der Waals surface area contributed by atoms with Crippen LogP contribution in [0.3, 0.4) is 0 Å². The number of aliphatic hydroxyl groups excluding tert-OH is 1. The normalized spacial score (nSPS) is 22.1. The van der Waals surface area contributed by atoms with Crippen LogP contribution in [-0.2, 0) is 16.0 Å². The third-order valence-electron chi connectivity index (χ3n) is 8.04. The summed E-state index contributed by atoms with van der Waals surface area (Å²) in [6.07, 6.45) is -1.99. The quantitative estimate of drug-likeness (QED) is 0.413. The van der Waals surface area contributed by atoms with Gasteiger partial charge in [0.2, 0.25) is 0 Å². The Morgan fingerprint density at radius 1 is 1.13 bits per heavy atom. The maximum Gasteiger partial charge on any atom is 0.414 e.